The van der Waals surface area contributed by atoms with Gasteiger partial charge in [-0.3, -0.25) is 4.79 Å². The van der Waals surface area contributed by atoms with Crippen LogP contribution in [0.2, 0.25) is 5.02 Å². The molecule has 6 heteroatoms. The maximum absolute atomic E-state index is 12.5. The molecule has 1 aliphatic rings. The second-order valence-electron chi connectivity index (χ2n) is 6.94. The first-order valence-electron chi connectivity index (χ1n) is 8.97. The first-order chi connectivity index (χ1) is 13.0. The van der Waals surface area contributed by atoms with Gasteiger partial charge in [-0.1, -0.05) is 52.7 Å². The van der Waals surface area contributed by atoms with Crippen molar-refractivity contribution in [3.63, 3.8) is 0 Å². The minimum Gasteiger partial charge on any atom is -0.337 e. The molecule has 27 heavy (non-hydrogen) atoms. The van der Waals surface area contributed by atoms with E-state index in [1.54, 1.807) is 6.07 Å². The van der Waals surface area contributed by atoms with Crippen molar-refractivity contribution < 1.29 is 9.32 Å². The van der Waals surface area contributed by atoms with Crippen LogP contribution in [0.3, 0.4) is 0 Å². The third-order valence-electron chi connectivity index (χ3n) is 5.01. The Morgan fingerprint density at radius 3 is 2.81 bits per heavy atom. The molecule has 1 saturated heterocycles. The van der Waals surface area contributed by atoms with E-state index in [0.717, 1.165) is 11.1 Å². The zero-order valence-electron chi connectivity index (χ0n) is 15.3. The highest BCUT2D eigenvalue weighted by molar-refractivity contribution is 6.33. The number of hydrogen-bond donors (Lipinski definition) is 0. The zero-order chi connectivity index (χ0) is 19.0. The van der Waals surface area contributed by atoms with Gasteiger partial charge in [0.2, 0.25) is 17.6 Å². The molecule has 1 amide bonds. The van der Waals surface area contributed by atoms with Crippen molar-refractivity contribution in [1.29, 1.82) is 0 Å². The molecule has 3 aromatic rings. The third-order valence-corrected chi connectivity index (χ3v) is 5.34. The first-order valence-corrected chi connectivity index (χ1v) is 9.35. The van der Waals surface area contributed by atoms with E-state index < -0.39 is 0 Å². The number of carbonyl (C=O) groups is 1. The summed E-state index contributed by atoms with van der Waals surface area (Å²) in [7, 11) is 0. The number of amides is 1. The van der Waals surface area contributed by atoms with Crippen molar-refractivity contribution in [2.45, 2.75) is 39.3 Å². The van der Waals surface area contributed by atoms with Crippen LogP contribution in [0.25, 0.3) is 11.4 Å². The third kappa shape index (κ3) is 3.47. The van der Waals surface area contributed by atoms with E-state index in [9.17, 15) is 4.79 Å². The lowest BCUT2D eigenvalue weighted by molar-refractivity contribution is -0.130. The van der Waals surface area contributed by atoms with Gasteiger partial charge in [0.1, 0.15) is 6.04 Å². The predicted octanol–water partition coefficient (Wildman–Crippen LogP) is 4.87. The Morgan fingerprint density at radius 2 is 2.04 bits per heavy atom. The van der Waals surface area contributed by atoms with Crippen LogP contribution in [0.15, 0.2) is 47.0 Å². The Hall–Kier alpha value is -2.66. The van der Waals surface area contributed by atoms with Crippen LogP contribution < -0.4 is 0 Å². The number of aromatic nitrogens is 2. The number of rotatable bonds is 4. The molecule has 0 radical (unpaired) electrons. The zero-order valence-corrected chi connectivity index (χ0v) is 16.0. The molecule has 0 saturated carbocycles. The van der Waals surface area contributed by atoms with Crippen LogP contribution in [0.1, 0.15) is 41.5 Å². The molecule has 1 unspecified atom stereocenters. The minimum absolute atomic E-state index is 0.109. The van der Waals surface area contributed by atoms with Crippen LogP contribution in [-0.4, -0.2) is 20.9 Å². The number of benzene rings is 2. The molecular formula is C21H20ClN3O2. The average Bonchev–Trinajstić information content (AvgIpc) is 3.25. The van der Waals surface area contributed by atoms with Gasteiger partial charge in [0.25, 0.3) is 0 Å². The lowest BCUT2D eigenvalue weighted by atomic mass is 10.0. The second kappa shape index (κ2) is 7.16. The highest BCUT2D eigenvalue weighted by Gasteiger charge is 2.36. The lowest BCUT2D eigenvalue weighted by Crippen LogP contribution is -2.27. The highest BCUT2D eigenvalue weighted by atomic mass is 35.5. The summed E-state index contributed by atoms with van der Waals surface area (Å²) in [5.41, 5.74) is 4.24. The van der Waals surface area contributed by atoms with Crippen LogP contribution >= 0.6 is 11.6 Å². The number of aryl methyl sites for hydroxylation is 2. The Bertz CT molecular complexity index is 999. The Kier molecular flexibility index (Phi) is 4.70. The molecule has 4 rings (SSSR count). The van der Waals surface area contributed by atoms with Crippen molar-refractivity contribution in [2.24, 2.45) is 0 Å². The molecule has 5 nitrogen and oxygen atoms in total. The van der Waals surface area contributed by atoms with Gasteiger partial charge < -0.3 is 9.42 Å². The van der Waals surface area contributed by atoms with E-state index in [0.29, 0.717) is 36.1 Å². The summed E-state index contributed by atoms with van der Waals surface area (Å²) in [5, 5.41) is 4.65. The fraction of sp³-hybridized carbons (Fsp3) is 0.286. The first kappa shape index (κ1) is 17.7. The molecule has 1 aliphatic heterocycles. The molecule has 0 aliphatic carbocycles. The lowest BCUT2D eigenvalue weighted by Gasteiger charge is -2.23. The van der Waals surface area contributed by atoms with Gasteiger partial charge in [-0.25, -0.2) is 0 Å². The summed E-state index contributed by atoms with van der Waals surface area (Å²) in [5.74, 6) is 1.01. The van der Waals surface area contributed by atoms with Crippen LogP contribution in [0.4, 0.5) is 0 Å². The molecule has 138 valence electrons. The van der Waals surface area contributed by atoms with E-state index in [2.05, 4.69) is 42.2 Å². The normalized spacial score (nSPS) is 16.9. The van der Waals surface area contributed by atoms with E-state index in [-0.39, 0.29) is 11.9 Å². The monoisotopic (exact) mass is 381 g/mol. The molecule has 2 aromatic carbocycles. The Labute approximate surface area is 163 Å². The van der Waals surface area contributed by atoms with Gasteiger partial charge in [-0.2, -0.15) is 4.98 Å². The molecule has 2 heterocycles. The SMILES string of the molecule is Cc1ccc(CN2C(=O)CCC2c2nc(-c3ccccc3Cl)no2)c(C)c1. The van der Waals surface area contributed by atoms with E-state index in [1.165, 1.54) is 11.1 Å². The smallest absolute Gasteiger partial charge is 0.249 e. The van der Waals surface area contributed by atoms with Gasteiger partial charge in [0.15, 0.2) is 0 Å². The fourth-order valence-corrected chi connectivity index (χ4v) is 3.74. The van der Waals surface area contributed by atoms with E-state index in [4.69, 9.17) is 16.1 Å². The van der Waals surface area contributed by atoms with Gasteiger partial charge in [-0.15, -0.1) is 0 Å². The van der Waals surface area contributed by atoms with Gasteiger partial charge in [-0.05, 0) is 43.5 Å². The summed E-state index contributed by atoms with van der Waals surface area (Å²) in [4.78, 5) is 18.9. The average molecular weight is 382 g/mol. The maximum atomic E-state index is 12.5. The largest absolute Gasteiger partial charge is 0.337 e. The highest BCUT2D eigenvalue weighted by Crippen LogP contribution is 2.35. The summed E-state index contributed by atoms with van der Waals surface area (Å²) in [6.07, 6.45) is 1.16. The van der Waals surface area contributed by atoms with Crippen molar-refractivity contribution in [2.75, 3.05) is 0 Å². The molecule has 1 atom stereocenters. The summed E-state index contributed by atoms with van der Waals surface area (Å²) in [6, 6.07) is 13.4. The number of halogens is 1. The van der Waals surface area contributed by atoms with E-state index >= 15 is 0 Å². The summed E-state index contributed by atoms with van der Waals surface area (Å²) in [6.45, 7) is 4.68. The molecule has 0 spiro atoms. The van der Waals surface area contributed by atoms with Crippen LogP contribution in [0.5, 0.6) is 0 Å². The van der Waals surface area contributed by atoms with Gasteiger partial charge in [0.05, 0.1) is 5.02 Å². The molecular weight excluding hydrogens is 362 g/mol. The van der Waals surface area contributed by atoms with E-state index in [1.807, 2.05) is 23.1 Å². The number of likely N-dealkylation sites (tertiary alicyclic amines) is 1. The van der Waals surface area contributed by atoms with Crippen molar-refractivity contribution in [3.8, 4) is 11.4 Å². The van der Waals surface area contributed by atoms with Crippen molar-refractivity contribution in [3.05, 3.63) is 70.1 Å². The molecule has 0 N–H and O–H groups in total. The fourth-order valence-electron chi connectivity index (χ4n) is 3.52. The Balaban J connectivity index is 1.61. The van der Waals surface area contributed by atoms with Crippen molar-refractivity contribution in [1.82, 2.24) is 15.0 Å². The van der Waals surface area contributed by atoms with Crippen molar-refractivity contribution >= 4 is 17.5 Å². The number of hydrogen-bond acceptors (Lipinski definition) is 4. The molecule has 1 fully saturated rings. The van der Waals surface area contributed by atoms with Gasteiger partial charge >= 0.3 is 0 Å². The minimum atomic E-state index is -0.207. The topological polar surface area (TPSA) is 59.2 Å². The number of nitrogens with zero attached hydrogens (tertiary/aromatic N) is 3. The maximum Gasteiger partial charge on any atom is 0.249 e. The van der Waals surface area contributed by atoms with Crippen LogP contribution in [0, 0.1) is 13.8 Å². The summed E-state index contributed by atoms with van der Waals surface area (Å²) < 4.78 is 5.51. The standard InChI is InChI=1S/C21H20ClN3O2/c1-13-7-8-15(14(2)11-13)12-25-18(9-10-19(25)26)21-23-20(24-27-21)16-5-3-4-6-17(16)22/h3-8,11,18H,9-10,12H2,1-2H3. The van der Waals surface area contributed by atoms with Crippen LogP contribution in [-0.2, 0) is 11.3 Å². The summed E-state index contributed by atoms with van der Waals surface area (Å²) >= 11 is 6.23. The quantitative estimate of drug-likeness (QED) is 0.646. The Morgan fingerprint density at radius 1 is 1.22 bits per heavy atom. The van der Waals surface area contributed by atoms with Gasteiger partial charge in [0, 0.05) is 18.5 Å². The predicted molar refractivity (Wildman–Crippen MR) is 103 cm³/mol. The molecule has 1 aromatic heterocycles. The second-order valence-corrected chi connectivity index (χ2v) is 7.35. The molecule has 0 bridgehead atoms. The number of carbonyl (C=O) groups excluding carboxylic acids is 1.